The number of fused-ring (bicyclic) bond motifs is 1. The van der Waals surface area contributed by atoms with Crippen LogP contribution in [0.15, 0.2) is 46.5 Å². The van der Waals surface area contributed by atoms with Gasteiger partial charge in [0.05, 0.1) is 23.1 Å². The molecule has 0 amide bonds. The summed E-state index contributed by atoms with van der Waals surface area (Å²) in [6, 6.07) is 7.61. The number of nitrogens with one attached hydrogen (secondary N) is 1. The molecule has 1 N–H and O–H groups in total. The molecule has 196 valence electrons. The van der Waals surface area contributed by atoms with E-state index in [4.69, 9.17) is 4.98 Å². The van der Waals surface area contributed by atoms with Crippen LogP contribution in [0.2, 0.25) is 0 Å². The summed E-state index contributed by atoms with van der Waals surface area (Å²) in [6.07, 6.45) is 8.95. The van der Waals surface area contributed by atoms with Crippen molar-refractivity contribution in [3.8, 4) is 11.4 Å². The zero-order chi connectivity index (χ0) is 26.2. The first-order valence-electron chi connectivity index (χ1n) is 13.3. The second-order valence-electron chi connectivity index (χ2n) is 10.2. The first kappa shape index (κ1) is 24.9. The van der Waals surface area contributed by atoms with Gasteiger partial charge in [0.15, 0.2) is 22.2 Å². The van der Waals surface area contributed by atoms with Gasteiger partial charge in [-0.1, -0.05) is 18.6 Å². The molecule has 1 atom stereocenters. The van der Waals surface area contributed by atoms with Gasteiger partial charge in [0, 0.05) is 19.0 Å². The fourth-order valence-electron chi connectivity index (χ4n) is 4.92. The van der Waals surface area contributed by atoms with Crippen LogP contribution in [0.25, 0.3) is 22.6 Å². The van der Waals surface area contributed by atoms with E-state index >= 15 is 0 Å². The Labute approximate surface area is 224 Å². The lowest BCUT2D eigenvalue weighted by atomic mass is 9.85. The second kappa shape index (κ2) is 10.4. The lowest BCUT2D eigenvalue weighted by Crippen LogP contribution is -2.30. The van der Waals surface area contributed by atoms with Crippen molar-refractivity contribution in [3.63, 3.8) is 0 Å². The predicted octanol–water partition coefficient (Wildman–Crippen LogP) is 4.37. The molecular formula is C28H31N7O2S. The number of aromatic nitrogens is 6. The molecule has 0 saturated heterocycles. The maximum Gasteiger partial charge on any atom is 0.294 e. The van der Waals surface area contributed by atoms with Crippen molar-refractivity contribution < 1.29 is 4.55 Å². The monoisotopic (exact) mass is 529 g/mol. The van der Waals surface area contributed by atoms with E-state index in [0.29, 0.717) is 47.7 Å². The van der Waals surface area contributed by atoms with E-state index in [9.17, 15) is 9.35 Å². The normalized spacial score (nSPS) is 16.4. The standard InChI is InChI=1S/C28H31N7O2S/c1-3-38(37)21-11-7-18(8-12-21)13-29-26-28(36)35(15-19-5-4-6-19)27-22(33-26)14-30-25(34-27)23-17(2)31-16-32-24(23)20-9-10-20/h7-8,11-12,14,16,19-20H,3-6,9-10,13,15H2,1-2H3,(H,29,33). The van der Waals surface area contributed by atoms with Crippen molar-refractivity contribution >= 4 is 28.2 Å². The minimum Gasteiger partial charge on any atom is -0.611 e. The van der Waals surface area contributed by atoms with Crippen molar-refractivity contribution in [2.75, 3.05) is 11.1 Å². The van der Waals surface area contributed by atoms with Crippen LogP contribution >= 0.6 is 0 Å². The molecule has 6 rings (SSSR count). The van der Waals surface area contributed by atoms with Crippen molar-refractivity contribution in [2.45, 2.75) is 69.9 Å². The molecule has 10 heteroatoms. The highest BCUT2D eigenvalue weighted by Crippen LogP contribution is 2.43. The Hall–Kier alpha value is -3.37. The highest BCUT2D eigenvalue weighted by atomic mass is 32.2. The minimum absolute atomic E-state index is 0.179. The van der Waals surface area contributed by atoms with Gasteiger partial charge in [-0.2, -0.15) is 0 Å². The van der Waals surface area contributed by atoms with E-state index in [1.54, 1.807) is 17.1 Å². The Balaban J connectivity index is 1.36. The Morgan fingerprint density at radius 3 is 2.55 bits per heavy atom. The Kier molecular flexibility index (Phi) is 6.84. The van der Waals surface area contributed by atoms with Crippen molar-refractivity contribution in [2.24, 2.45) is 5.92 Å². The smallest absolute Gasteiger partial charge is 0.294 e. The highest BCUT2D eigenvalue weighted by Gasteiger charge is 2.30. The van der Waals surface area contributed by atoms with E-state index in [0.717, 1.165) is 53.1 Å². The molecule has 4 aromatic rings. The Morgan fingerprint density at radius 2 is 1.87 bits per heavy atom. The third-order valence-corrected chi connectivity index (χ3v) is 8.84. The van der Waals surface area contributed by atoms with E-state index in [1.165, 1.54) is 6.42 Å². The molecule has 0 radical (unpaired) electrons. The lowest BCUT2D eigenvalue weighted by molar-refractivity contribution is 0.276. The van der Waals surface area contributed by atoms with Crippen LogP contribution < -0.4 is 10.9 Å². The molecule has 2 aliphatic rings. The van der Waals surface area contributed by atoms with Crippen LogP contribution in [-0.2, 0) is 24.3 Å². The topological polar surface area (TPSA) is 122 Å². The molecule has 0 aliphatic heterocycles. The van der Waals surface area contributed by atoms with Crippen LogP contribution in [0.5, 0.6) is 0 Å². The SMILES string of the molecule is CC[S+]([O-])c1ccc(CNc2nc3cnc(-c4c(C)ncnc4C4CC4)nc3n(CC3CCC3)c2=O)cc1. The zero-order valence-corrected chi connectivity index (χ0v) is 22.5. The van der Waals surface area contributed by atoms with Crippen molar-refractivity contribution in [1.82, 2.24) is 29.5 Å². The molecule has 1 unspecified atom stereocenters. The average molecular weight is 530 g/mol. The van der Waals surface area contributed by atoms with Gasteiger partial charge < -0.3 is 9.87 Å². The molecule has 2 fully saturated rings. The molecule has 0 spiro atoms. The van der Waals surface area contributed by atoms with Gasteiger partial charge in [0.2, 0.25) is 0 Å². The highest BCUT2D eigenvalue weighted by molar-refractivity contribution is 7.91. The third kappa shape index (κ3) is 4.90. The maximum absolute atomic E-state index is 13.7. The minimum atomic E-state index is -0.989. The molecule has 3 aromatic heterocycles. The van der Waals surface area contributed by atoms with Crippen LogP contribution in [0.4, 0.5) is 5.82 Å². The number of aryl methyl sites for hydroxylation is 1. The van der Waals surface area contributed by atoms with Crippen molar-refractivity contribution in [3.05, 3.63) is 64.1 Å². The van der Waals surface area contributed by atoms with E-state index in [-0.39, 0.29) is 11.4 Å². The summed E-state index contributed by atoms with van der Waals surface area (Å²) >= 11 is -0.989. The number of nitrogens with zero attached hydrogens (tertiary/aromatic N) is 6. The van der Waals surface area contributed by atoms with Gasteiger partial charge in [-0.05, 0) is 74.3 Å². The molecule has 2 saturated carbocycles. The van der Waals surface area contributed by atoms with E-state index in [1.807, 2.05) is 38.1 Å². The van der Waals surface area contributed by atoms with Gasteiger partial charge in [0.25, 0.3) is 5.56 Å². The fourth-order valence-corrected chi connectivity index (χ4v) is 5.69. The molecule has 9 nitrogen and oxygen atoms in total. The average Bonchev–Trinajstić information content (AvgIpc) is 3.76. The summed E-state index contributed by atoms with van der Waals surface area (Å²) in [7, 11) is 0. The first-order chi connectivity index (χ1) is 18.5. The Morgan fingerprint density at radius 1 is 1.08 bits per heavy atom. The molecule has 38 heavy (non-hydrogen) atoms. The van der Waals surface area contributed by atoms with Crippen LogP contribution in [0, 0.1) is 12.8 Å². The van der Waals surface area contributed by atoms with Crippen LogP contribution in [-0.4, -0.2) is 39.8 Å². The summed E-state index contributed by atoms with van der Waals surface area (Å²) in [5.74, 6) is 2.30. The van der Waals surface area contributed by atoms with Crippen LogP contribution in [0.1, 0.15) is 61.9 Å². The van der Waals surface area contributed by atoms with E-state index < -0.39 is 11.2 Å². The number of hydrogen-bond acceptors (Lipinski definition) is 8. The van der Waals surface area contributed by atoms with Gasteiger partial charge >= 0.3 is 0 Å². The third-order valence-electron chi connectivity index (χ3n) is 7.51. The molecule has 1 aromatic carbocycles. The lowest BCUT2D eigenvalue weighted by Gasteiger charge is -2.26. The molecule has 3 heterocycles. The molecule has 2 aliphatic carbocycles. The molecular weight excluding hydrogens is 498 g/mol. The summed E-state index contributed by atoms with van der Waals surface area (Å²) in [5.41, 5.74) is 4.63. The maximum atomic E-state index is 13.7. The van der Waals surface area contributed by atoms with Gasteiger partial charge in [-0.25, -0.2) is 24.9 Å². The number of rotatable bonds is 9. The fraction of sp³-hybridized carbons (Fsp3) is 0.429. The van der Waals surface area contributed by atoms with Crippen LogP contribution in [0.3, 0.4) is 0 Å². The zero-order valence-electron chi connectivity index (χ0n) is 21.7. The van der Waals surface area contributed by atoms with Crippen molar-refractivity contribution in [1.29, 1.82) is 0 Å². The quantitative estimate of drug-likeness (QED) is 0.317. The number of anilines is 1. The number of benzene rings is 1. The summed E-state index contributed by atoms with van der Waals surface area (Å²) in [4.78, 5) is 37.6. The molecule has 0 bridgehead atoms. The summed E-state index contributed by atoms with van der Waals surface area (Å²) in [5, 5.41) is 3.23. The van der Waals surface area contributed by atoms with Gasteiger partial charge in [0.1, 0.15) is 17.6 Å². The number of hydrogen-bond donors (Lipinski definition) is 1. The summed E-state index contributed by atoms with van der Waals surface area (Å²) in [6.45, 7) is 4.90. The Bertz CT molecular complexity index is 1530. The predicted molar refractivity (Wildman–Crippen MR) is 147 cm³/mol. The first-order valence-corrected chi connectivity index (χ1v) is 14.6. The second-order valence-corrected chi connectivity index (χ2v) is 11.9. The van der Waals surface area contributed by atoms with Gasteiger partial charge in [-0.3, -0.25) is 9.36 Å². The van der Waals surface area contributed by atoms with Gasteiger partial charge in [-0.15, -0.1) is 0 Å². The van der Waals surface area contributed by atoms with E-state index in [2.05, 4.69) is 25.3 Å². The largest absolute Gasteiger partial charge is 0.611 e. The summed E-state index contributed by atoms with van der Waals surface area (Å²) < 4.78 is 13.8.